The molecule has 17 heavy (non-hydrogen) atoms. The number of aliphatic hydroxyl groups is 1. The first-order chi connectivity index (χ1) is 8.09. The Morgan fingerprint density at radius 3 is 2.53 bits per heavy atom. The maximum atomic E-state index is 10.4. The van der Waals surface area contributed by atoms with Gasteiger partial charge in [0.25, 0.3) is 0 Å². The van der Waals surface area contributed by atoms with Gasteiger partial charge < -0.3 is 10.4 Å². The van der Waals surface area contributed by atoms with Crippen LogP contribution in [0.4, 0.5) is 0 Å². The van der Waals surface area contributed by atoms with Crippen LogP contribution in [0.1, 0.15) is 43.7 Å². The van der Waals surface area contributed by atoms with Gasteiger partial charge in [-0.15, -0.1) is 0 Å². The van der Waals surface area contributed by atoms with Crippen molar-refractivity contribution in [2.75, 3.05) is 13.1 Å². The summed E-state index contributed by atoms with van der Waals surface area (Å²) in [5.41, 5.74) is 2.06. The second-order valence-electron chi connectivity index (χ2n) is 5.58. The standard InChI is InChI=1S/C15H23NO/c1-12(2)14-6-4-13(5-7-14)10-15(17)8-3-9-16-11-15/h4-7,12,16-17H,3,8-11H2,1-2H3. The highest BCUT2D eigenvalue weighted by atomic mass is 16.3. The molecule has 1 aliphatic rings. The predicted molar refractivity (Wildman–Crippen MR) is 71.3 cm³/mol. The zero-order valence-electron chi connectivity index (χ0n) is 10.9. The molecular weight excluding hydrogens is 210 g/mol. The van der Waals surface area contributed by atoms with Crippen LogP contribution in [0.2, 0.25) is 0 Å². The zero-order valence-corrected chi connectivity index (χ0v) is 10.9. The quantitative estimate of drug-likeness (QED) is 0.840. The molecule has 0 saturated carbocycles. The number of nitrogens with one attached hydrogen (secondary N) is 1. The third kappa shape index (κ3) is 3.30. The van der Waals surface area contributed by atoms with E-state index in [4.69, 9.17) is 0 Å². The first-order valence-electron chi connectivity index (χ1n) is 6.61. The minimum Gasteiger partial charge on any atom is -0.388 e. The molecular formula is C15H23NO. The Labute approximate surface area is 104 Å². The topological polar surface area (TPSA) is 32.3 Å². The Hall–Kier alpha value is -0.860. The number of piperidine rings is 1. The third-order valence-electron chi connectivity index (χ3n) is 3.63. The Morgan fingerprint density at radius 2 is 2.00 bits per heavy atom. The lowest BCUT2D eigenvalue weighted by molar-refractivity contribution is 0.0169. The van der Waals surface area contributed by atoms with Crippen molar-refractivity contribution >= 4 is 0 Å². The fourth-order valence-corrected chi connectivity index (χ4v) is 2.50. The highest BCUT2D eigenvalue weighted by molar-refractivity contribution is 5.26. The molecule has 2 nitrogen and oxygen atoms in total. The van der Waals surface area contributed by atoms with Gasteiger partial charge in [-0.1, -0.05) is 38.1 Å². The van der Waals surface area contributed by atoms with E-state index in [1.165, 1.54) is 11.1 Å². The summed E-state index contributed by atoms with van der Waals surface area (Å²) in [5, 5.41) is 13.7. The van der Waals surface area contributed by atoms with E-state index in [1.807, 2.05) is 0 Å². The van der Waals surface area contributed by atoms with Gasteiger partial charge in [-0.25, -0.2) is 0 Å². The van der Waals surface area contributed by atoms with Crippen LogP contribution >= 0.6 is 0 Å². The van der Waals surface area contributed by atoms with Gasteiger partial charge >= 0.3 is 0 Å². The highest BCUT2D eigenvalue weighted by Crippen LogP contribution is 2.22. The van der Waals surface area contributed by atoms with Crippen LogP contribution in [0.25, 0.3) is 0 Å². The van der Waals surface area contributed by atoms with Gasteiger partial charge in [-0.2, -0.15) is 0 Å². The fourth-order valence-electron chi connectivity index (χ4n) is 2.50. The summed E-state index contributed by atoms with van der Waals surface area (Å²) in [6.45, 7) is 6.16. The molecule has 1 heterocycles. The van der Waals surface area contributed by atoms with E-state index in [2.05, 4.69) is 43.4 Å². The van der Waals surface area contributed by atoms with Crippen LogP contribution in [0, 0.1) is 0 Å². The molecule has 1 aromatic carbocycles. The molecule has 0 bridgehead atoms. The fraction of sp³-hybridized carbons (Fsp3) is 0.600. The molecule has 0 spiro atoms. The summed E-state index contributed by atoms with van der Waals surface area (Å²) < 4.78 is 0. The van der Waals surface area contributed by atoms with Gasteiger partial charge in [-0.3, -0.25) is 0 Å². The van der Waals surface area contributed by atoms with Gasteiger partial charge in [0, 0.05) is 13.0 Å². The summed E-state index contributed by atoms with van der Waals surface area (Å²) >= 11 is 0. The largest absolute Gasteiger partial charge is 0.388 e. The molecule has 0 aromatic heterocycles. The van der Waals surface area contributed by atoms with E-state index in [0.29, 0.717) is 5.92 Å². The molecule has 1 saturated heterocycles. The molecule has 1 fully saturated rings. The number of rotatable bonds is 3. The molecule has 1 aliphatic heterocycles. The minimum atomic E-state index is -0.544. The van der Waals surface area contributed by atoms with E-state index >= 15 is 0 Å². The van der Waals surface area contributed by atoms with Crippen molar-refractivity contribution in [3.05, 3.63) is 35.4 Å². The van der Waals surface area contributed by atoms with Gasteiger partial charge in [0.05, 0.1) is 5.60 Å². The van der Waals surface area contributed by atoms with Crippen molar-refractivity contribution in [1.29, 1.82) is 0 Å². The Morgan fingerprint density at radius 1 is 1.29 bits per heavy atom. The Kier molecular flexibility index (Phi) is 3.85. The van der Waals surface area contributed by atoms with Gasteiger partial charge in [0.15, 0.2) is 0 Å². The molecule has 0 aliphatic carbocycles. The van der Waals surface area contributed by atoms with Crippen LogP contribution in [0.5, 0.6) is 0 Å². The second-order valence-corrected chi connectivity index (χ2v) is 5.58. The first-order valence-corrected chi connectivity index (χ1v) is 6.61. The van der Waals surface area contributed by atoms with E-state index in [9.17, 15) is 5.11 Å². The van der Waals surface area contributed by atoms with Crippen LogP contribution < -0.4 is 5.32 Å². The lowest BCUT2D eigenvalue weighted by Crippen LogP contribution is -2.47. The van der Waals surface area contributed by atoms with Gasteiger partial charge in [0.2, 0.25) is 0 Å². The Balaban J connectivity index is 2.03. The van der Waals surface area contributed by atoms with E-state index < -0.39 is 5.60 Å². The number of hydrogen-bond acceptors (Lipinski definition) is 2. The SMILES string of the molecule is CC(C)c1ccc(CC2(O)CCCNC2)cc1. The average molecular weight is 233 g/mol. The summed E-state index contributed by atoms with van der Waals surface area (Å²) in [6.07, 6.45) is 2.74. The molecule has 1 aromatic rings. The average Bonchev–Trinajstić information content (AvgIpc) is 2.30. The highest BCUT2D eigenvalue weighted by Gasteiger charge is 2.29. The molecule has 1 unspecified atom stereocenters. The van der Waals surface area contributed by atoms with Crippen molar-refractivity contribution in [3.8, 4) is 0 Å². The summed E-state index contributed by atoms with van der Waals surface area (Å²) in [6, 6.07) is 8.67. The molecule has 0 radical (unpaired) electrons. The monoisotopic (exact) mass is 233 g/mol. The van der Waals surface area contributed by atoms with Crippen molar-refractivity contribution in [3.63, 3.8) is 0 Å². The number of hydrogen-bond donors (Lipinski definition) is 2. The number of β-amino-alcohol motifs (C(OH)–C–C–N with tert-alkyl or cyclic N) is 1. The molecule has 94 valence electrons. The Bertz CT molecular complexity index is 350. The maximum absolute atomic E-state index is 10.4. The predicted octanol–water partition coefficient (Wildman–Crippen LogP) is 2.47. The lowest BCUT2D eigenvalue weighted by atomic mass is 9.87. The van der Waals surface area contributed by atoms with Crippen molar-refractivity contribution in [2.45, 2.75) is 44.6 Å². The minimum absolute atomic E-state index is 0.544. The third-order valence-corrected chi connectivity index (χ3v) is 3.63. The first kappa shape index (κ1) is 12.6. The van der Waals surface area contributed by atoms with Crippen molar-refractivity contribution in [2.24, 2.45) is 0 Å². The summed E-state index contributed by atoms with van der Waals surface area (Å²) in [5.74, 6) is 0.573. The van der Waals surface area contributed by atoms with Gasteiger partial charge in [-0.05, 0) is 36.4 Å². The van der Waals surface area contributed by atoms with Crippen LogP contribution in [0.3, 0.4) is 0 Å². The van der Waals surface area contributed by atoms with Gasteiger partial charge in [0.1, 0.15) is 0 Å². The van der Waals surface area contributed by atoms with Crippen molar-refractivity contribution in [1.82, 2.24) is 5.32 Å². The second kappa shape index (κ2) is 5.19. The molecule has 2 N–H and O–H groups in total. The summed E-state index contributed by atoms with van der Waals surface area (Å²) in [4.78, 5) is 0. The van der Waals surface area contributed by atoms with Crippen molar-refractivity contribution < 1.29 is 5.11 Å². The molecule has 0 amide bonds. The van der Waals surface area contributed by atoms with Crippen LogP contribution in [-0.2, 0) is 6.42 Å². The summed E-state index contributed by atoms with van der Waals surface area (Å²) in [7, 11) is 0. The lowest BCUT2D eigenvalue weighted by Gasteiger charge is -2.32. The number of benzene rings is 1. The smallest absolute Gasteiger partial charge is 0.0812 e. The van der Waals surface area contributed by atoms with Crippen LogP contribution in [-0.4, -0.2) is 23.8 Å². The molecule has 1 atom stereocenters. The normalized spacial score (nSPS) is 25.2. The van der Waals surface area contributed by atoms with E-state index in [0.717, 1.165) is 32.4 Å². The van der Waals surface area contributed by atoms with Crippen LogP contribution in [0.15, 0.2) is 24.3 Å². The van der Waals surface area contributed by atoms with E-state index in [-0.39, 0.29) is 0 Å². The van der Waals surface area contributed by atoms with E-state index in [1.54, 1.807) is 0 Å². The zero-order chi connectivity index (χ0) is 12.3. The molecule has 2 heteroatoms. The molecule has 2 rings (SSSR count). The maximum Gasteiger partial charge on any atom is 0.0812 e.